The number of piperidine rings is 1. The van der Waals surface area contributed by atoms with Gasteiger partial charge in [0.2, 0.25) is 0 Å². The van der Waals surface area contributed by atoms with Crippen LogP contribution >= 0.6 is 0 Å². The fourth-order valence-corrected chi connectivity index (χ4v) is 4.03. The predicted octanol–water partition coefficient (Wildman–Crippen LogP) is 2.87. The summed E-state index contributed by atoms with van der Waals surface area (Å²) in [7, 11) is 0. The summed E-state index contributed by atoms with van der Waals surface area (Å²) in [4.78, 5) is 2.60. The van der Waals surface area contributed by atoms with E-state index in [2.05, 4.69) is 41.4 Å². The number of likely N-dealkylation sites (tertiary alicyclic amines) is 1. The zero-order valence-electron chi connectivity index (χ0n) is 13.7. The van der Waals surface area contributed by atoms with Crippen LogP contribution in [0.5, 0.6) is 0 Å². The van der Waals surface area contributed by atoms with Crippen molar-refractivity contribution >= 4 is 0 Å². The summed E-state index contributed by atoms with van der Waals surface area (Å²) in [6.07, 6.45) is 6.35. The molecule has 1 spiro atoms. The van der Waals surface area contributed by atoms with E-state index in [0.29, 0.717) is 6.04 Å². The molecule has 0 amide bonds. The molecule has 1 aliphatic carbocycles. The first-order chi connectivity index (χ1) is 10.7. The van der Waals surface area contributed by atoms with Crippen molar-refractivity contribution in [3.05, 3.63) is 35.4 Å². The van der Waals surface area contributed by atoms with Crippen molar-refractivity contribution in [1.29, 1.82) is 0 Å². The molecule has 0 bridgehead atoms. The Kier molecular flexibility index (Phi) is 3.97. The summed E-state index contributed by atoms with van der Waals surface area (Å²) in [5, 5.41) is 3.74. The zero-order valence-corrected chi connectivity index (χ0v) is 13.7. The van der Waals surface area contributed by atoms with Gasteiger partial charge in [0.1, 0.15) is 0 Å². The van der Waals surface area contributed by atoms with Crippen LogP contribution in [0, 0.1) is 6.92 Å². The van der Waals surface area contributed by atoms with Crippen LogP contribution in [0.2, 0.25) is 0 Å². The van der Waals surface area contributed by atoms with E-state index in [4.69, 9.17) is 4.74 Å². The van der Waals surface area contributed by atoms with E-state index in [0.717, 1.165) is 19.2 Å². The molecule has 1 unspecified atom stereocenters. The second-order valence-electron chi connectivity index (χ2n) is 7.54. The lowest BCUT2D eigenvalue weighted by atomic mass is 9.87. The number of rotatable bonds is 4. The van der Waals surface area contributed by atoms with Crippen LogP contribution in [0.25, 0.3) is 0 Å². The van der Waals surface area contributed by atoms with Crippen molar-refractivity contribution in [3.8, 4) is 0 Å². The van der Waals surface area contributed by atoms with Gasteiger partial charge in [-0.3, -0.25) is 4.90 Å². The molecule has 3 nitrogen and oxygen atoms in total. The highest BCUT2D eigenvalue weighted by Crippen LogP contribution is 2.37. The van der Waals surface area contributed by atoms with Gasteiger partial charge in [0, 0.05) is 31.7 Å². The highest BCUT2D eigenvalue weighted by molar-refractivity contribution is 5.25. The van der Waals surface area contributed by atoms with E-state index in [-0.39, 0.29) is 5.60 Å². The summed E-state index contributed by atoms with van der Waals surface area (Å²) in [6.45, 7) is 6.57. The van der Waals surface area contributed by atoms with Crippen molar-refractivity contribution < 1.29 is 4.74 Å². The van der Waals surface area contributed by atoms with E-state index < -0.39 is 0 Å². The van der Waals surface area contributed by atoms with E-state index in [1.807, 2.05) is 0 Å². The SMILES string of the molecule is Cc1ccccc1CN1CCC2(CC1)CC(NC1CC1)CO2. The van der Waals surface area contributed by atoms with Gasteiger partial charge in [-0.05, 0) is 50.2 Å². The van der Waals surface area contributed by atoms with Gasteiger partial charge in [-0.25, -0.2) is 0 Å². The van der Waals surface area contributed by atoms with E-state index in [1.54, 1.807) is 0 Å². The molecule has 22 heavy (non-hydrogen) atoms. The molecule has 1 aromatic rings. The Balaban J connectivity index is 1.30. The second kappa shape index (κ2) is 5.95. The molecule has 120 valence electrons. The van der Waals surface area contributed by atoms with Crippen molar-refractivity contribution in [2.24, 2.45) is 0 Å². The second-order valence-corrected chi connectivity index (χ2v) is 7.54. The maximum absolute atomic E-state index is 6.26. The molecule has 1 N–H and O–H groups in total. The Morgan fingerprint density at radius 3 is 2.68 bits per heavy atom. The van der Waals surface area contributed by atoms with Gasteiger partial charge < -0.3 is 10.1 Å². The molecule has 0 aromatic heterocycles. The van der Waals surface area contributed by atoms with Crippen molar-refractivity contribution in [3.63, 3.8) is 0 Å². The van der Waals surface area contributed by atoms with Gasteiger partial charge in [0.05, 0.1) is 12.2 Å². The van der Waals surface area contributed by atoms with Crippen molar-refractivity contribution in [1.82, 2.24) is 10.2 Å². The number of nitrogens with zero attached hydrogens (tertiary/aromatic N) is 1. The summed E-state index contributed by atoms with van der Waals surface area (Å²) in [6, 6.07) is 10.2. The summed E-state index contributed by atoms with van der Waals surface area (Å²) >= 11 is 0. The van der Waals surface area contributed by atoms with Gasteiger partial charge in [0.15, 0.2) is 0 Å². The van der Waals surface area contributed by atoms with E-state index in [9.17, 15) is 0 Å². The minimum absolute atomic E-state index is 0.175. The number of hydrogen-bond donors (Lipinski definition) is 1. The number of ether oxygens (including phenoxy) is 1. The summed E-state index contributed by atoms with van der Waals surface area (Å²) in [5.74, 6) is 0. The molecule has 1 aromatic carbocycles. The Morgan fingerprint density at radius 1 is 1.18 bits per heavy atom. The Hall–Kier alpha value is -0.900. The normalized spacial score (nSPS) is 28.3. The lowest BCUT2D eigenvalue weighted by Crippen LogP contribution is -2.44. The average Bonchev–Trinajstić information content (AvgIpc) is 3.25. The number of aryl methyl sites for hydroxylation is 1. The van der Waals surface area contributed by atoms with Crippen LogP contribution in [-0.4, -0.2) is 42.3 Å². The molecular formula is C19H28N2O. The Labute approximate surface area is 134 Å². The lowest BCUT2D eigenvalue weighted by molar-refractivity contribution is -0.0449. The van der Waals surface area contributed by atoms with Crippen LogP contribution in [0.15, 0.2) is 24.3 Å². The molecule has 1 saturated carbocycles. The van der Waals surface area contributed by atoms with Gasteiger partial charge in [-0.2, -0.15) is 0 Å². The third kappa shape index (κ3) is 3.22. The smallest absolute Gasteiger partial charge is 0.0723 e. The van der Waals surface area contributed by atoms with Gasteiger partial charge in [-0.15, -0.1) is 0 Å². The standard InChI is InChI=1S/C19H28N2O/c1-15-4-2-3-5-16(15)13-21-10-8-19(9-11-21)12-18(14-22-19)20-17-6-7-17/h2-5,17-18,20H,6-14H2,1H3. The minimum Gasteiger partial charge on any atom is -0.373 e. The molecule has 3 heteroatoms. The molecule has 0 radical (unpaired) electrons. The first-order valence-corrected chi connectivity index (χ1v) is 8.89. The zero-order chi connectivity index (χ0) is 15.0. The number of benzene rings is 1. The molecular weight excluding hydrogens is 272 g/mol. The molecule has 2 saturated heterocycles. The quantitative estimate of drug-likeness (QED) is 0.925. The van der Waals surface area contributed by atoms with Gasteiger partial charge in [-0.1, -0.05) is 24.3 Å². The molecule has 1 atom stereocenters. The first kappa shape index (κ1) is 14.7. The maximum Gasteiger partial charge on any atom is 0.0723 e. The average molecular weight is 300 g/mol. The van der Waals surface area contributed by atoms with Crippen LogP contribution in [-0.2, 0) is 11.3 Å². The molecule has 3 aliphatic rings. The van der Waals surface area contributed by atoms with Gasteiger partial charge >= 0.3 is 0 Å². The predicted molar refractivity (Wildman–Crippen MR) is 88.9 cm³/mol. The number of nitrogens with one attached hydrogen (secondary N) is 1. The Morgan fingerprint density at radius 2 is 1.95 bits per heavy atom. The fourth-order valence-electron chi connectivity index (χ4n) is 4.03. The molecule has 2 heterocycles. The van der Waals surface area contributed by atoms with Crippen LogP contribution in [0.4, 0.5) is 0 Å². The van der Waals surface area contributed by atoms with E-state index >= 15 is 0 Å². The lowest BCUT2D eigenvalue weighted by Gasteiger charge is -2.39. The van der Waals surface area contributed by atoms with Crippen molar-refractivity contribution in [2.75, 3.05) is 19.7 Å². The Bertz CT molecular complexity index is 518. The topological polar surface area (TPSA) is 24.5 Å². The number of hydrogen-bond acceptors (Lipinski definition) is 3. The van der Waals surface area contributed by atoms with Crippen LogP contribution < -0.4 is 5.32 Å². The maximum atomic E-state index is 6.26. The summed E-state index contributed by atoms with van der Waals surface area (Å²) < 4.78 is 6.26. The summed E-state index contributed by atoms with van der Waals surface area (Å²) in [5.41, 5.74) is 3.06. The molecule has 2 aliphatic heterocycles. The monoisotopic (exact) mass is 300 g/mol. The third-order valence-corrected chi connectivity index (χ3v) is 5.68. The van der Waals surface area contributed by atoms with Crippen LogP contribution in [0.1, 0.15) is 43.2 Å². The third-order valence-electron chi connectivity index (χ3n) is 5.68. The van der Waals surface area contributed by atoms with E-state index in [1.165, 1.54) is 56.3 Å². The molecule has 3 fully saturated rings. The fraction of sp³-hybridized carbons (Fsp3) is 0.684. The first-order valence-electron chi connectivity index (χ1n) is 8.89. The largest absolute Gasteiger partial charge is 0.373 e. The van der Waals surface area contributed by atoms with Gasteiger partial charge in [0.25, 0.3) is 0 Å². The molecule has 4 rings (SSSR count). The van der Waals surface area contributed by atoms with Crippen molar-refractivity contribution in [2.45, 2.75) is 63.3 Å². The highest BCUT2D eigenvalue weighted by atomic mass is 16.5. The van der Waals surface area contributed by atoms with Crippen LogP contribution in [0.3, 0.4) is 0 Å². The highest BCUT2D eigenvalue weighted by Gasteiger charge is 2.43. The minimum atomic E-state index is 0.175.